The van der Waals surface area contributed by atoms with Gasteiger partial charge in [-0.05, 0) is 37.1 Å². The molecule has 0 radical (unpaired) electrons. The van der Waals surface area contributed by atoms with Crippen LogP contribution < -0.4 is 4.74 Å². The van der Waals surface area contributed by atoms with Gasteiger partial charge in [0.2, 0.25) is 0 Å². The van der Waals surface area contributed by atoms with Crippen LogP contribution in [-0.2, 0) is 4.79 Å². The van der Waals surface area contributed by atoms with Crippen molar-refractivity contribution in [3.63, 3.8) is 0 Å². The Morgan fingerprint density at radius 3 is 2.53 bits per heavy atom. The number of Topliss-reactive ketones (excluding diaryl/α,β-unsaturated/α-hetero) is 2. The Labute approximate surface area is 101 Å². The first kappa shape index (κ1) is 11.8. The van der Waals surface area contributed by atoms with E-state index in [1.807, 2.05) is 0 Å². The molecule has 1 atom stereocenters. The number of hydrogen-bond donors (Lipinski definition) is 0. The molecule has 1 aliphatic rings. The summed E-state index contributed by atoms with van der Waals surface area (Å²) in [6, 6.07) is 6.95. The lowest BCUT2D eigenvalue weighted by Gasteiger charge is -2.19. The number of hydrogen-bond acceptors (Lipinski definition) is 3. The molecule has 1 saturated carbocycles. The molecule has 0 saturated heterocycles. The highest BCUT2D eigenvalue weighted by molar-refractivity contribution is 6.10. The highest BCUT2D eigenvalue weighted by Gasteiger charge is 2.29. The summed E-state index contributed by atoms with van der Waals surface area (Å²) in [6.07, 6.45) is 3.14. The number of carbonyl (C=O) groups is 2. The highest BCUT2D eigenvalue weighted by atomic mass is 16.5. The Balaban J connectivity index is 2.15. The summed E-state index contributed by atoms with van der Waals surface area (Å²) in [6.45, 7) is 0. The van der Waals surface area contributed by atoms with Crippen LogP contribution in [0.4, 0.5) is 0 Å². The summed E-state index contributed by atoms with van der Waals surface area (Å²) in [5.74, 6) is 0.350. The van der Waals surface area contributed by atoms with E-state index in [1.54, 1.807) is 31.4 Å². The van der Waals surface area contributed by atoms with E-state index >= 15 is 0 Å². The molecule has 0 bridgehead atoms. The fourth-order valence-corrected chi connectivity index (χ4v) is 2.22. The van der Waals surface area contributed by atoms with Crippen LogP contribution in [0.2, 0.25) is 0 Å². The molecule has 0 amide bonds. The van der Waals surface area contributed by atoms with Crippen molar-refractivity contribution < 1.29 is 14.3 Å². The van der Waals surface area contributed by atoms with Gasteiger partial charge in [0.1, 0.15) is 11.5 Å². The van der Waals surface area contributed by atoms with Crippen LogP contribution in [0.3, 0.4) is 0 Å². The van der Waals surface area contributed by atoms with E-state index in [-0.39, 0.29) is 11.6 Å². The second-order valence-electron chi connectivity index (χ2n) is 4.36. The summed E-state index contributed by atoms with van der Waals surface area (Å²) in [5.41, 5.74) is 0.603. The topological polar surface area (TPSA) is 43.4 Å². The quantitative estimate of drug-likeness (QED) is 0.594. The molecule has 1 aromatic carbocycles. The van der Waals surface area contributed by atoms with Gasteiger partial charge in [0, 0.05) is 12.0 Å². The Morgan fingerprint density at radius 1 is 1.24 bits per heavy atom. The molecule has 2 rings (SSSR count). The fourth-order valence-electron chi connectivity index (χ4n) is 2.22. The van der Waals surface area contributed by atoms with E-state index in [0.717, 1.165) is 18.6 Å². The zero-order chi connectivity index (χ0) is 12.3. The van der Waals surface area contributed by atoms with Gasteiger partial charge in [-0.2, -0.15) is 0 Å². The molecular weight excluding hydrogens is 216 g/mol. The Kier molecular flexibility index (Phi) is 3.57. The van der Waals surface area contributed by atoms with Gasteiger partial charge in [-0.25, -0.2) is 0 Å². The molecular formula is C14H16O3. The first-order valence-corrected chi connectivity index (χ1v) is 5.93. The van der Waals surface area contributed by atoms with Gasteiger partial charge < -0.3 is 4.74 Å². The molecule has 17 heavy (non-hydrogen) atoms. The molecule has 1 aromatic rings. The van der Waals surface area contributed by atoms with Crippen LogP contribution in [0, 0.1) is 5.92 Å². The molecule has 0 aromatic heterocycles. The predicted molar refractivity (Wildman–Crippen MR) is 64.3 cm³/mol. The number of carbonyl (C=O) groups excluding carboxylic acids is 2. The molecule has 0 N–H and O–H groups in total. The number of benzene rings is 1. The zero-order valence-electron chi connectivity index (χ0n) is 9.94. The van der Waals surface area contributed by atoms with Gasteiger partial charge in [-0.15, -0.1) is 0 Å². The summed E-state index contributed by atoms with van der Waals surface area (Å²) in [7, 11) is 1.58. The number of ketones is 2. The van der Waals surface area contributed by atoms with Gasteiger partial charge in [-0.1, -0.05) is 6.42 Å². The standard InChI is InChI=1S/C14H16O3/c1-17-11-8-6-10(7-9-11)14(16)12-4-2-3-5-13(12)15/h6-9,12H,2-5H2,1H3/t12-/m0/s1. The molecule has 0 heterocycles. The third-order valence-corrected chi connectivity index (χ3v) is 3.25. The van der Waals surface area contributed by atoms with Crippen LogP contribution in [0.15, 0.2) is 24.3 Å². The number of ether oxygens (including phenoxy) is 1. The van der Waals surface area contributed by atoms with Crippen LogP contribution in [0.1, 0.15) is 36.0 Å². The van der Waals surface area contributed by atoms with Crippen LogP contribution in [-0.4, -0.2) is 18.7 Å². The smallest absolute Gasteiger partial charge is 0.173 e. The van der Waals surface area contributed by atoms with Crippen LogP contribution in [0.5, 0.6) is 5.75 Å². The van der Waals surface area contributed by atoms with E-state index < -0.39 is 5.92 Å². The van der Waals surface area contributed by atoms with Gasteiger partial charge in [0.05, 0.1) is 13.0 Å². The Hall–Kier alpha value is -1.64. The lowest BCUT2D eigenvalue weighted by atomic mass is 9.83. The lowest BCUT2D eigenvalue weighted by molar-refractivity contribution is -0.122. The maximum atomic E-state index is 12.1. The summed E-state index contributed by atoms with van der Waals surface area (Å²) >= 11 is 0. The molecule has 0 spiro atoms. The van der Waals surface area contributed by atoms with E-state index in [4.69, 9.17) is 4.74 Å². The van der Waals surface area contributed by atoms with Crippen LogP contribution >= 0.6 is 0 Å². The van der Waals surface area contributed by atoms with Crippen molar-refractivity contribution >= 4 is 11.6 Å². The minimum atomic E-state index is -0.419. The summed E-state index contributed by atoms with van der Waals surface area (Å²) < 4.78 is 5.04. The van der Waals surface area contributed by atoms with Crippen molar-refractivity contribution in [3.05, 3.63) is 29.8 Å². The fraction of sp³-hybridized carbons (Fsp3) is 0.429. The monoisotopic (exact) mass is 232 g/mol. The molecule has 1 aliphatic carbocycles. The molecule has 1 fully saturated rings. The maximum Gasteiger partial charge on any atom is 0.173 e. The van der Waals surface area contributed by atoms with Gasteiger partial charge in [0.25, 0.3) is 0 Å². The number of methoxy groups -OCH3 is 1. The van der Waals surface area contributed by atoms with Crippen molar-refractivity contribution in [3.8, 4) is 5.75 Å². The molecule has 3 heteroatoms. The maximum absolute atomic E-state index is 12.1. The average Bonchev–Trinajstić information content (AvgIpc) is 2.39. The minimum absolute atomic E-state index is 0.0441. The van der Waals surface area contributed by atoms with Crippen molar-refractivity contribution in [1.29, 1.82) is 0 Å². The third-order valence-electron chi connectivity index (χ3n) is 3.25. The molecule has 0 unspecified atom stereocenters. The molecule has 3 nitrogen and oxygen atoms in total. The highest BCUT2D eigenvalue weighted by Crippen LogP contribution is 2.25. The summed E-state index contributed by atoms with van der Waals surface area (Å²) in [4.78, 5) is 23.8. The summed E-state index contributed by atoms with van der Waals surface area (Å²) in [5, 5.41) is 0. The first-order chi connectivity index (χ1) is 8.22. The van der Waals surface area contributed by atoms with Crippen molar-refractivity contribution in [2.45, 2.75) is 25.7 Å². The SMILES string of the molecule is COc1ccc(C(=O)[C@H]2CCCCC2=O)cc1. The molecule has 90 valence electrons. The predicted octanol–water partition coefficient (Wildman–Crippen LogP) is 2.64. The lowest BCUT2D eigenvalue weighted by Crippen LogP contribution is -2.27. The Bertz CT molecular complexity index is 420. The Morgan fingerprint density at radius 2 is 1.94 bits per heavy atom. The van der Waals surface area contributed by atoms with Crippen molar-refractivity contribution in [2.75, 3.05) is 7.11 Å². The first-order valence-electron chi connectivity index (χ1n) is 5.93. The van der Waals surface area contributed by atoms with E-state index in [0.29, 0.717) is 18.4 Å². The van der Waals surface area contributed by atoms with E-state index in [1.165, 1.54) is 0 Å². The second kappa shape index (κ2) is 5.13. The van der Waals surface area contributed by atoms with Crippen molar-refractivity contribution in [2.24, 2.45) is 5.92 Å². The van der Waals surface area contributed by atoms with E-state index in [9.17, 15) is 9.59 Å². The largest absolute Gasteiger partial charge is 0.497 e. The van der Waals surface area contributed by atoms with Crippen LogP contribution in [0.25, 0.3) is 0 Å². The third kappa shape index (κ3) is 2.54. The minimum Gasteiger partial charge on any atom is -0.497 e. The van der Waals surface area contributed by atoms with Crippen molar-refractivity contribution in [1.82, 2.24) is 0 Å². The normalized spacial score (nSPS) is 20.1. The second-order valence-corrected chi connectivity index (χ2v) is 4.36. The van der Waals surface area contributed by atoms with Gasteiger partial charge in [0.15, 0.2) is 5.78 Å². The number of rotatable bonds is 3. The zero-order valence-corrected chi connectivity index (χ0v) is 9.94. The van der Waals surface area contributed by atoms with Gasteiger partial charge >= 0.3 is 0 Å². The average molecular weight is 232 g/mol. The molecule has 0 aliphatic heterocycles. The van der Waals surface area contributed by atoms with Gasteiger partial charge in [-0.3, -0.25) is 9.59 Å². The van der Waals surface area contributed by atoms with E-state index in [2.05, 4.69) is 0 Å².